The van der Waals surface area contributed by atoms with Gasteiger partial charge in [-0.3, -0.25) is 9.59 Å². The van der Waals surface area contributed by atoms with Gasteiger partial charge in [-0.15, -0.1) is 0 Å². The molecule has 0 unspecified atom stereocenters. The van der Waals surface area contributed by atoms with Crippen LogP contribution < -0.4 is 10.1 Å². The Morgan fingerprint density at radius 3 is 2.48 bits per heavy atom. The van der Waals surface area contributed by atoms with Crippen LogP contribution in [-0.2, 0) is 9.53 Å². The lowest BCUT2D eigenvalue weighted by atomic mass is 9.99. The maximum Gasteiger partial charge on any atom is 0.262 e. The molecule has 0 radical (unpaired) electrons. The summed E-state index contributed by atoms with van der Waals surface area (Å²) in [5, 5.41) is 2.83. The number of benzene rings is 2. The van der Waals surface area contributed by atoms with Gasteiger partial charge in [-0.2, -0.15) is 0 Å². The molecule has 1 aliphatic heterocycles. The average Bonchev–Trinajstić information content (AvgIpc) is 2.78. The minimum absolute atomic E-state index is 0.107. The van der Waals surface area contributed by atoms with E-state index in [1.54, 1.807) is 29.2 Å². The second-order valence-electron chi connectivity index (χ2n) is 7.17. The number of ether oxygens (including phenoxy) is 2. The SMILES string of the molecule is CC[C@H](C)c1ccc(NC(=O)COc2ccccc2C(=O)N2CCOCC2)cc1. The molecule has 1 fully saturated rings. The van der Waals surface area contributed by atoms with Gasteiger partial charge in [-0.05, 0) is 42.2 Å². The number of carbonyl (C=O) groups is 2. The largest absolute Gasteiger partial charge is 0.483 e. The van der Waals surface area contributed by atoms with E-state index in [1.165, 1.54) is 5.56 Å². The van der Waals surface area contributed by atoms with E-state index in [9.17, 15) is 9.59 Å². The van der Waals surface area contributed by atoms with Crippen LogP contribution in [0.2, 0.25) is 0 Å². The molecule has 1 aliphatic rings. The zero-order valence-corrected chi connectivity index (χ0v) is 17.0. The minimum Gasteiger partial charge on any atom is -0.483 e. The molecule has 2 aromatic carbocycles. The Bertz CT molecular complexity index is 829. The molecule has 0 aliphatic carbocycles. The Morgan fingerprint density at radius 1 is 1.10 bits per heavy atom. The summed E-state index contributed by atoms with van der Waals surface area (Å²) in [5.41, 5.74) is 2.43. The number of morpholine rings is 1. The van der Waals surface area contributed by atoms with Gasteiger partial charge in [0.25, 0.3) is 11.8 Å². The number of para-hydroxylation sites is 1. The van der Waals surface area contributed by atoms with E-state index >= 15 is 0 Å². The molecule has 0 saturated carbocycles. The van der Waals surface area contributed by atoms with Crippen molar-refractivity contribution in [1.82, 2.24) is 4.90 Å². The van der Waals surface area contributed by atoms with Crippen molar-refractivity contribution < 1.29 is 19.1 Å². The molecular weight excluding hydrogens is 368 g/mol. The predicted octanol–water partition coefficient (Wildman–Crippen LogP) is 3.69. The van der Waals surface area contributed by atoms with E-state index < -0.39 is 0 Å². The van der Waals surface area contributed by atoms with Crippen molar-refractivity contribution in [3.63, 3.8) is 0 Å². The Labute approximate surface area is 171 Å². The van der Waals surface area contributed by atoms with Crippen molar-refractivity contribution in [2.24, 2.45) is 0 Å². The summed E-state index contributed by atoms with van der Waals surface area (Å²) in [6, 6.07) is 14.9. The maximum atomic E-state index is 12.8. The van der Waals surface area contributed by atoms with Crippen molar-refractivity contribution in [3.05, 3.63) is 59.7 Å². The fraction of sp³-hybridized carbons (Fsp3) is 0.391. The fourth-order valence-electron chi connectivity index (χ4n) is 3.18. The molecule has 1 atom stereocenters. The molecule has 3 rings (SSSR count). The Kier molecular flexibility index (Phi) is 7.25. The third-order valence-corrected chi connectivity index (χ3v) is 5.15. The number of anilines is 1. The smallest absolute Gasteiger partial charge is 0.262 e. The van der Waals surface area contributed by atoms with E-state index in [1.807, 2.05) is 24.3 Å². The second kappa shape index (κ2) is 10.1. The summed E-state index contributed by atoms with van der Waals surface area (Å²) in [7, 11) is 0. The van der Waals surface area contributed by atoms with Gasteiger partial charge in [0.1, 0.15) is 5.75 Å². The van der Waals surface area contributed by atoms with Crippen LogP contribution in [0.25, 0.3) is 0 Å². The summed E-state index contributed by atoms with van der Waals surface area (Å²) in [4.78, 5) is 26.8. The zero-order valence-electron chi connectivity index (χ0n) is 17.0. The summed E-state index contributed by atoms with van der Waals surface area (Å²) >= 11 is 0. The van der Waals surface area contributed by atoms with Gasteiger partial charge >= 0.3 is 0 Å². The minimum atomic E-state index is -0.269. The van der Waals surface area contributed by atoms with Crippen LogP contribution in [0.15, 0.2) is 48.5 Å². The number of nitrogens with one attached hydrogen (secondary N) is 1. The van der Waals surface area contributed by atoms with Crippen molar-refractivity contribution in [3.8, 4) is 5.75 Å². The molecule has 0 aromatic heterocycles. The molecule has 1 N–H and O–H groups in total. The quantitative estimate of drug-likeness (QED) is 0.775. The highest BCUT2D eigenvalue weighted by Crippen LogP contribution is 2.22. The summed E-state index contributed by atoms with van der Waals surface area (Å²) in [6.45, 7) is 6.34. The molecule has 0 spiro atoms. The normalized spacial score (nSPS) is 14.9. The van der Waals surface area contributed by atoms with Crippen LogP contribution in [0.1, 0.15) is 42.1 Å². The van der Waals surface area contributed by atoms with Crippen LogP contribution in [0.4, 0.5) is 5.69 Å². The number of hydrogen-bond acceptors (Lipinski definition) is 4. The van der Waals surface area contributed by atoms with E-state index in [0.717, 1.165) is 12.1 Å². The van der Waals surface area contributed by atoms with E-state index in [-0.39, 0.29) is 18.4 Å². The average molecular weight is 396 g/mol. The zero-order chi connectivity index (χ0) is 20.6. The molecule has 29 heavy (non-hydrogen) atoms. The van der Waals surface area contributed by atoms with Gasteiger partial charge in [0.05, 0.1) is 18.8 Å². The maximum absolute atomic E-state index is 12.8. The Balaban J connectivity index is 1.58. The van der Waals surface area contributed by atoms with Crippen molar-refractivity contribution >= 4 is 17.5 Å². The standard InChI is InChI=1S/C23H28N2O4/c1-3-17(2)18-8-10-19(11-9-18)24-22(26)16-29-21-7-5-4-6-20(21)23(27)25-12-14-28-15-13-25/h4-11,17H,3,12-16H2,1-2H3,(H,24,26)/t17-/m0/s1. The van der Waals surface area contributed by atoms with Crippen LogP contribution >= 0.6 is 0 Å². The summed E-state index contributed by atoms with van der Waals surface area (Å²) < 4.78 is 11.0. The van der Waals surface area contributed by atoms with E-state index in [2.05, 4.69) is 19.2 Å². The fourth-order valence-corrected chi connectivity index (χ4v) is 3.18. The molecule has 1 heterocycles. The second-order valence-corrected chi connectivity index (χ2v) is 7.17. The van der Waals surface area contributed by atoms with Crippen LogP contribution in [0, 0.1) is 0 Å². The molecule has 6 nitrogen and oxygen atoms in total. The van der Waals surface area contributed by atoms with Gasteiger partial charge in [0.15, 0.2) is 6.61 Å². The van der Waals surface area contributed by atoms with Crippen molar-refractivity contribution in [2.45, 2.75) is 26.2 Å². The molecule has 154 valence electrons. The van der Waals surface area contributed by atoms with Crippen LogP contribution in [0.3, 0.4) is 0 Å². The first-order chi connectivity index (χ1) is 14.1. The van der Waals surface area contributed by atoms with E-state index in [0.29, 0.717) is 43.5 Å². The Hall–Kier alpha value is -2.86. The molecule has 6 heteroatoms. The number of rotatable bonds is 7. The van der Waals surface area contributed by atoms with Gasteiger partial charge < -0.3 is 19.7 Å². The highest BCUT2D eigenvalue weighted by Gasteiger charge is 2.21. The number of carbonyl (C=O) groups excluding carboxylic acids is 2. The number of hydrogen-bond donors (Lipinski definition) is 1. The monoisotopic (exact) mass is 396 g/mol. The van der Waals surface area contributed by atoms with Crippen molar-refractivity contribution in [1.29, 1.82) is 0 Å². The summed E-state index contributed by atoms with van der Waals surface area (Å²) in [5.74, 6) is 0.523. The predicted molar refractivity (Wildman–Crippen MR) is 112 cm³/mol. The van der Waals surface area contributed by atoms with Crippen LogP contribution in [0.5, 0.6) is 5.75 Å². The molecule has 1 saturated heterocycles. The van der Waals surface area contributed by atoms with Crippen LogP contribution in [-0.4, -0.2) is 49.6 Å². The van der Waals surface area contributed by atoms with Gasteiger partial charge in [0.2, 0.25) is 0 Å². The highest BCUT2D eigenvalue weighted by molar-refractivity contribution is 5.97. The van der Waals surface area contributed by atoms with Crippen molar-refractivity contribution in [2.75, 3.05) is 38.2 Å². The molecular formula is C23H28N2O4. The summed E-state index contributed by atoms with van der Waals surface area (Å²) in [6.07, 6.45) is 1.07. The lowest BCUT2D eigenvalue weighted by Gasteiger charge is -2.27. The topological polar surface area (TPSA) is 67.9 Å². The lowest BCUT2D eigenvalue weighted by Crippen LogP contribution is -2.40. The first kappa shape index (κ1) is 20.9. The van der Waals surface area contributed by atoms with Gasteiger partial charge in [-0.25, -0.2) is 0 Å². The highest BCUT2D eigenvalue weighted by atomic mass is 16.5. The first-order valence-corrected chi connectivity index (χ1v) is 10.1. The molecule has 2 aromatic rings. The first-order valence-electron chi connectivity index (χ1n) is 10.1. The number of amides is 2. The molecule has 0 bridgehead atoms. The van der Waals surface area contributed by atoms with Gasteiger partial charge in [0, 0.05) is 18.8 Å². The number of nitrogens with zero attached hydrogens (tertiary/aromatic N) is 1. The third kappa shape index (κ3) is 5.57. The lowest BCUT2D eigenvalue weighted by molar-refractivity contribution is -0.118. The van der Waals surface area contributed by atoms with E-state index in [4.69, 9.17) is 9.47 Å². The Morgan fingerprint density at radius 2 is 1.79 bits per heavy atom. The van der Waals surface area contributed by atoms with Gasteiger partial charge in [-0.1, -0.05) is 38.1 Å². The third-order valence-electron chi connectivity index (χ3n) is 5.15. The molecule has 2 amide bonds.